The predicted octanol–water partition coefficient (Wildman–Crippen LogP) is 2.48. The Hall–Kier alpha value is -2.89. The van der Waals surface area contributed by atoms with Crippen LogP contribution in [0.4, 0.5) is 5.69 Å². The molecule has 23 heavy (non-hydrogen) atoms. The van der Waals surface area contributed by atoms with Crippen LogP contribution in [0.3, 0.4) is 0 Å². The van der Waals surface area contributed by atoms with Gasteiger partial charge in [-0.25, -0.2) is 0 Å². The lowest BCUT2D eigenvalue weighted by atomic mass is 10.2. The lowest BCUT2D eigenvalue weighted by molar-refractivity contribution is 0.0948. The summed E-state index contributed by atoms with van der Waals surface area (Å²) in [6.45, 7) is 2.54. The normalized spacial score (nSPS) is 10.0. The number of amides is 2. The molecule has 1 aromatic carbocycles. The highest BCUT2D eigenvalue weighted by Crippen LogP contribution is 2.16. The van der Waals surface area contributed by atoms with E-state index >= 15 is 0 Å². The Morgan fingerprint density at radius 1 is 1.13 bits per heavy atom. The molecule has 0 aliphatic rings. The number of anilines is 1. The topological polar surface area (TPSA) is 80.3 Å². The van der Waals surface area contributed by atoms with Crippen LogP contribution in [0.2, 0.25) is 0 Å². The number of aromatic nitrogens is 1. The van der Waals surface area contributed by atoms with Gasteiger partial charge in [-0.3, -0.25) is 14.6 Å². The van der Waals surface area contributed by atoms with Gasteiger partial charge in [0.1, 0.15) is 11.4 Å². The van der Waals surface area contributed by atoms with Crippen LogP contribution >= 0.6 is 0 Å². The van der Waals surface area contributed by atoms with E-state index in [0.717, 1.165) is 6.42 Å². The Bertz CT molecular complexity index is 684. The molecule has 0 spiro atoms. The van der Waals surface area contributed by atoms with E-state index < -0.39 is 0 Å². The second-order valence-electron chi connectivity index (χ2n) is 4.87. The molecule has 0 saturated carbocycles. The van der Waals surface area contributed by atoms with Gasteiger partial charge < -0.3 is 15.4 Å². The van der Waals surface area contributed by atoms with Crippen LogP contribution in [0.15, 0.2) is 42.6 Å². The number of carbonyl (C=O) groups is 2. The van der Waals surface area contributed by atoms with Gasteiger partial charge in [0.2, 0.25) is 0 Å². The van der Waals surface area contributed by atoms with Gasteiger partial charge >= 0.3 is 0 Å². The number of nitrogens with zero attached hydrogens (tertiary/aromatic N) is 1. The van der Waals surface area contributed by atoms with Gasteiger partial charge in [0, 0.05) is 24.0 Å². The minimum absolute atomic E-state index is 0.223. The minimum Gasteiger partial charge on any atom is -0.497 e. The molecule has 0 atom stereocenters. The second kappa shape index (κ2) is 7.93. The highest BCUT2D eigenvalue weighted by atomic mass is 16.5. The molecule has 1 heterocycles. The molecule has 2 rings (SSSR count). The molecule has 0 bridgehead atoms. The summed E-state index contributed by atoms with van der Waals surface area (Å²) in [6, 6.07) is 10.0. The predicted molar refractivity (Wildman–Crippen MR) is 87.8 cm³/mol. The number of nitrogens with one attached hydrogen (secondary N) is 2. The number of ether oxygens (including phenoxy) is 1. The van der Waals surface area contributed by atoms with E-state index in [0.29, 0.717) is 23.5 Å². The summed E-state index contributed by atoms with van der Waals surface area (Å²) in [6.07, 6.45) is 2.28. The standard InChI is InChI=1S/C17H19N3O3/c1-3-9-19-17(22)15-11-12(8-10-18-15)16(21)20-13-4-6-14(23-2)7-5-13/h4-8,10-11H,3,9H2,1-2H3,(H,19,22)(H,20,21). The van der Waals surface area contributed by atoms with Crippen LogP contribution in [0.1, 0.15) is 34.2 Å². The van der Waals surface area contributed by atoms with Crippen molar-refractivity contribution in [2.75, 3.05) is 19.0 Å². The molecular formula is C17H19N3O3. The van der Waals surface area contributed by atoms with E-state index in [2.05, 4.69) is 15.6 Å². The van der Waals surface area contributed by atoms with Crippen molar-refractivity contribution in [3.8, 4) is 5.75 Å². The highest BCUT2D eigenvalue weighted by molar-refractivity contribution is 6.05. The maximum atomic E-state index is 12.3. The van der Waals surface area contributed by atoms with Crippen LogP contribution in [0.25, 0.3) is 0 Å². The molecule has 0 fully saturated rings. The molecule has 0 saturated heterocycles. The van der Waals surface area contributed by atoms with Crippen molar-refractivity contribution in [3.05, 3.63) is 53.9 Å². The Morgan fingerprint density at radius 2 is 1.87 bits per heavy atom. The van der Waals surface area contributed by atoms with Crippen molar-refractivity contribution >= 4 is 17.5 Å². The van der Waals surface area contributed by atoms with Crippen LogP contribution in [0.5, 0.6) is 5.75 Å². The number of hydrogen-bond donors (Lipinski definition) is 2. The monoisotopic (exact) mass is 313 g/mol. The summed E-state index contributed by atoms with van der Waals surface area (Å²) in [5.41, 5.74) is 1.24. The fraction of sp³-hybridized carbons (Fsp3) is 0.235. The number of carbonyl (C=O) groups excluding carboxylic acids is 2. The molecule has 120 valence electrons. The van der Waals surface area contributed by atoms with E-state index in [1.165, 1.54) is 12.3 Å². The number of methoxy groups -OCH3 is 1. The van der Waals surface area contributed by atoms with Gasteiger partial charge in [-0.15, -0.1) is 0 Å². The zero-order chi connectivity index (χ0) is 16.7. The molecule has 0 aliphatic heterocycles. The van der Waals surface area contributed by atoms with Gasteiger partial charge in [0.05, 0.1) is 7.11 Å². The Balaban J connectivity index is 2.08. The van der Waals surface area contributed by atoms with Crippen molar-refractivity contribution in [1.82, 2.24) is 10.3 Å². The van der Waals surface area contributed by atoms with E-state index in [-0.39, 0.29) is 17.5 Å². The Morgan fingerprint density at radius 3 is 2.52 bits per heavy atom. The number of pyridine rings is 1. The summed E-state index contributed by atoms with van der Waals surface area (Å²) in [5.74, 6) is 0.120. The number of rotatable bonds is 6. The average Bonchev–Trinajstić information content (AvgIpc) is 2.60. The zero-order valence-corrected chi connectivity index (χ0v) is 13.1. The van der Waals surface area contributed by atoms with Crippen LogP contribution in [-0.4, -0.2) is 30.5 Å². The summed E-state index contributed by atoms with van der Waals surface area (Å²) >= 11 is 0. The molecule has 1 aromatic heterocycles. The van der Waals surface area contributed by atoms with Crippen molar-refractivity contribution in [2.45, 2.75) is 13.3 Å². The van der Waals surface area contributed by atoms with Crippen molar-refractivity contribution in [3.63, 3.8) is 0 Å². The van der Waals surface area contributed by atoms with E-state index in [4.69, 9.17) is 4.74 Å². The first-order valence-corrected chi connectivity index (χ1v) is 7.33. The molecule has 2 N–H and O–H groups in total. The van der Waals surface area contributed by atoms with Crippen molar-refractivity contribution in [1.29, 1.82) is 0 Å². The molecule has 0 unspecified atom stereocenters. The maximum Gasteiger partial charge on any atom is 0.269 e. The smallest absolute Gasteiger partial charge is 0.269 e. The zero-order valence-electron chi connectivity index (χ0n) is 13.1. The van der Waals surface area contributed by atoms with Gasteiger partial charge in [-0.1, -0.05) is 6.92 Å². The lowest BCUT2D eigenvalue weighted by Crippen LogP contribution is -2.25. The van der Waals surface area contributed by atoms with Gasteiger partial charge in [-0.2, -0.15) is 0 Å². The summed E-state index contributed by atoms with van der Waals surface area (Å²) < 4.78 is 5.07. The first-order valence-electron chi connectivity index (χ1n) is 7.33. The van der Waals surface area contributed by atoms with Crippen molar-refractivity contribution in [2.24, 2.45) is 0 Å². The Labute approximate surface area is 134 Å². The SMILES string of the molecule is CCCNC(=O)c1cc(C(=O)Nc2ccc(OC)cc2)ccn1. The van der Waals surface area contributed by atoms with Crippen LogP contribution in [0, 0.1) is 0 Å². The number of hydrogen-bond acceptors (Lipinski definition) is 4. The molecule has 6 nitrogen and oxygen atoms in total. The largest absolute Gasteiger partial charge is 0.497 e. The third-order valence-corrected chi connectivity index (χ3v) is 3.14. The fourth-order valence-electron chi connectivity index (χ4n) is 1.90. The highest BCUT2D eigenvalue weighted by Gasteiger charge is 2.11. The Kier molecular flexibility index (Phi) is 5.68. The lowest BCUT2D eigenvalue weighted by Gasteiger charge is -2.07. The maximum absolute atomic E-state index is 12.3. The third-order valence-electron chi connectivity index (χ3n) is 3.14. The van der Waals surface area contributed by atoms with Gasteiger partial charge in [-0.05, 0) is 42.8 Å². The molecule has 6 heteroatoms. The van der Waals surface area contributed by atoms with Crippen LogP contribution in [-0.2, 0) is 0 Å². The first kappa shape index (κ1) is 16.5. The fourth-order valence-corrected chi connectivity index (χ4v) is 1.90. The minimum atomic E-state index is -0.304. The number of benzene rings is 1. The van der Waals surface area contributed by atoms with E-state index in [9.17, 15) is 9.59 Å². The first-order chi connectivity index (χ1) is 11.1. The summed E-state index contributed by atoms with van der Waals surface area (Å²) in [4.78, 5) is 28.1. The van der Waals surface area contributed by atoms with Crippen molar-refractivity contribution < 1.29 is 14.3 Å². The molecule has 0 radical (unpaired) electrons. The second-order valence-corrected chi connectivity index (χ2v) is 4.87. The third kappa shape index (κ3) is 4.54. The van der Waals surface area contributed by atoms with Crippen LogP contribution < -0.4 is 15.4 Å². The van der Waals surface area contributed by atoms with Gasteiger partial charge in [0.25, 0.3) is 11.8 Å². The quantitative estimate of drug-likeness (QED) is 0.858. The molecule has 0 aliphatic carbocycles. The molecule has 2 amide bonds. The van der Waals surface area contributed by atoms with E-state index in [1.54, 1.807) is 37.4 Å². The summed E-state index contributed by atoms with van der Waals surface area (Å²) in [7, 11) is 1.58. The average molecular weight is 313 g/mol. The molecule has 2 aromatic rings. The van der Waals surface area contributed by atoms with E-state index in [1.807, 2.05) is 6.92 Å². The summed E-state index contributed by atoms with van der Waals surface area (Å²) in [5, 5.41) is 5.49. The molecular weight excluding hydrogens is 294 g/mol. The van der Waals surface area contributed by atoms with Gasteiger partial charge in [0.15, 0.2) is 0 Å².